The maximum Gasteiger partial charge on any atom is 0.306 e. The highest BCUT2D eigenvalue weighted by Gasteiger charge is 2.19. The number of ether oxygens (including phenoxy) is 3. The van der Waals surface area contributed by atoms with Gasteiger partial charge in [-0.25, -0.2) is 0 Å². The van der Waals surface area contributed by atoms with Crippen LogP contribution < -0.4 is 0 Å². The molecular formula is C61H108O6. The van der Waals surface area contributed by atoms with E-state index in [4.69, 9.17) is 14.2 Å². The highest BCUT2D eigenvalue weighted by atomic mass is 16.6. The average molecular weight is 938 g/mol. The van der Waals surface area contributed by atoms with Crippen LogP contribution in [0.4, 0.5) is 0 Å². The lowest BCUT2D eigenvalue weighted by molar-refractivity contribution is -0.167. The topological polar surface area (TPSA) is 78.9 Å². The lowest BCUT2D eigenvalue weighted by atomic mass is 10.0. The molecule has 6 heteroatoms. The third-order valence-electron chi connectivity index (χ3n) is 12.5. The first-order chi connectivity index (χ1) is 33.0. The number of hydrogen-bond acceptors (Lipinski definition) is 6. The second-order valence-electron chi connectivity index (χ2n) is 19.2. The molecule has 0 aromatic carbocycles. The van der Waals surface area contributed by atoms with E-state index >= 15 is 0 Å². The van der Waals surface area contributed by atoms with Gasteiger partial charge in [0.1, 0.15) is 13.2 Å². The first-order valence-corrected chi connectivity index (χ1v) is 28.8. The van der Waals surface area contributed by atoms with Gasteiger partial charge in [-0.3, -0.25) is 14.4 Å². The van der Waals surface area contributed by atoms with Gasteiger partial charge >= 0.3 is 17.9 Å². The highest BCUT2D eigenvalue weighted by molar-refractivity contribution is 5.71. The zero-order valence-corrected chi connectivity index (χ0v) is 44.4. The van der Waals surface area contributed by atoms with Crippen LogP contribution in [0.25, 0.3) is 0 Å². The van der Waals surface area contributed by atoms with Crippen LogP contribution in [0.1, 0.15) is 290 Å². The average Bonchev–Trinajstić information content (AvgIpc) is 3.33. The fourth-order valence-corrected chi connectivity index (χ4v) is 8.19. The van der Waals surface area contributed by atoms with Crippen LogP contribution in [0.2, 0.25) is 0 Å². The van der Waals surface area contributed by atoms with Crippen molar-refractivity contribution in [1.82, 2.24) is 0 Å². The van der Waals surface area contributed by atoms with Crippen molar-refractivity contribution in [2.75, 3.05) is 13.2 Å². The van der Waals surface area contributed by atoms with E-state index in [-0.39, 0.29) is 31.1 Å². The van der Waals surface area contributed by atoms with Gasteiger partial charge in [-0.1, -0.05) is 248 Å². The Bertz CT molecular complexity index is 1210. The predicted molar refractivity (Wildman–Crippen MR) is 288 cm³/mol. The molecular weight excluding hydrogens is 829 g/mol. The van der Waals surface area contributed by atoms with Crippen molar-refractivity contribution in [3.05, 3.63) is 60.8 Å². The summed E-state index contributed by atoms with van der Waals surface area (Å²) in [5.41, 5.74) is 0. The van der Waals surface area contributed by atoms with E-state index in [2.05, 4.69) is 81.5 Å². The quantitative estimate of drug-likeness (QED) is 0.0262. The second-order valence-corrected chi connectivity index (χ2v) is 19.2. The Balaban J connectivity index is 4.34. The van der Waals surface area contributed by atoms with Gasteiger partial charge in [-0.05, 0) is 83.5 Å². The standard InChI is InChI=1S/C61H108O6/c1-4-7-10-13-16-19-22-25-27-28-29-30-31-32-34-37-39-42-45-48-51-54-60(63)66-57-58(67-61(64)55-52-49-46-43-40-35-24-21-18-15-12-9-6-3)56-65-59(62)53-50-47-44-41-38-36-33-26-23-20-17-14-11-8-5-2/h8,11,17,20,25-27,33,38,41,58H,4-7,9-10,12-16,18-19,21-24,28-32,34-37,39-40,42-57H2,1-3H3/b11-8-,20-17-,27-25-,33-26-,41-38-/t58-/m1/s1. The summed E-state index contributed by atoms with van der Waals surface area (Å²) < 4.78 is 16.8. The minimum absolute atomic E-state index is 0.0851. The molecule has 0 heterocycles. The minimum Gasteiger partial charge on any atom is -0.462 e. The van der Waals surface area contributed by atoms with E-state index in [0.29, 0.717) is 19.3 Å². The lowest BCUT2D eigenvalue weighted by Crippen LogP contribution is -2.30. The number of rotatable bonds is 52. The lowest BCUT2D eigenvalue weighted by Gasteiger charge is -2.18. The Hall–Kier alpha value is -2.89. The molecule has 0 rings (SSSR count). The summed E-state index contributed by atoms with van der Waals surface area (Å²) in [5, 5.41) is 0. The Morgan fingerprint density at radius 1 is 0.313 bits per heavy atom. The summed E-state index contributed by atoms with van der Waals surface area (Å²) in [6.45, 7) is 6.51. The molecule has 0 spiro atoms. The van der Waals surface area contributed by atoms with Crippen molar-refractivity contribution in [3.63, 3.8) is 0 Å². The summed E-state index contributed by atoms with van der Waals surface area (Å²) in [7, 11) is 0. The first kappa shape index (κ1) is 64.1. The van der Waals surface area contributed by atoms with E-state index in [1.165, 1.54) is 167 Å². The van der Waals surface area contributed by atoms with Crippen LogP contribution in [0.15, 0.2) is 60.8 Å². The van der Waals surface area contributed by atoms with E-state index in [9.17, 15) is 14.4 Å². The molecule has 67 heavy (non-hydrogen) atoms. The SMILES string of the molecule is CC/C=C\C/C=C\C/C=C\C/C=C\CCCCC(=O)OC[C@H](COC(=O)CCCCCCCCCCCCC/C=C\CCCCCCCC)OC(=O)CCCCCCCCCCCCCCC. The van der Waals surface area contributed by atoms with Crippen LogP contribution in [-0.2, 0) is 28.6 Å². The molecule has 0 unspecified atom stereocenters. The normalized spacial score (nSPS) is 12.5. The molecule has 0 radical (unpaired) electrons. The molecule has 0 aromatic rings. The fourth-order valence-electron chi connectivity index (χ4n) is 8.19. The number of allylic oxidation sites excluding steroid dienone is 10. The van der Waals surface area contributed by atoms with Crippen molar-refractivity contribution in [3.8, 4) is 0 Å². The molecule has 0 saturated carbocycles. The third kappa shape index (κ3) is 53.9. The molecule has 0 saturated heterocycles. The van der Waals surface area contributed by atoms with Crippen molar-refractivity contribution in [2.24, 2.45) is 0 Å². The summed E-state index contributed by atoms with van der Waals surface area (Å²) in [4.78, 5) is 38.1. The Morgan fingerprint density at radius 3 is 0.955 bits per heavy atom. The van der Waals surface area contributed by atoms with Crippen LogP contribution >= 0.6 is 0 Å². The van der Waals surface area contributed by atoms with Gasteiger partial charge in [0, 0.05) is 19.3 Å². The smallest absolute Gasteiger partial charge is 0.306 e. The molecule has 1 atom stereocenters. The van der Waals surface area contributed by atoms with Crippen LogP contribution in [0.3, 0.4) is 0 Å². The summed E-state index contributed by atoms with van der Waals surface area (Å²) >= 11 is 0. The van der Waals surface area contributed by atoms with Crippen LogP contribution in [0, 0.1) is 0 Å². The van der Waals surface area contributed by atoms with Gasteiger partial charge < -0.3 is 14.2 Å². The predicted octanol–water partition coefficient (Wildman–Crippen LogP) is 19.2. The largest absolute Gasteiger partial charge is 0.462 e. The zero-order chi connectivity index (χ0) is 48.6. The number of unbranched alkanes of at least 4 members (excludes halogenated alkanes) is 31. The number of esters is 3. The molecule has 0 aliphatic heterocycles. The van der Waals surface area contributed by atoms with Gasteiger partial charge in [0.15, 0.2) is 6.10 Å². The van der Waals surface area contributed by atoms with Gasteiger partial charge in [0.2, 0.25) is 0 Å². The van der Waals surface area contributed by atoms with Gasteiger partial charge in [0.25, 0.3) is 0 Å². The molecule has 0 N–H and O–H groups in total. The molecule has 0 aliphatic rings. The van der Waals surface area contributed by atoms with Crippen LogP contribution in [0.5, 0.6) is 0 Å². The monoisotopic (exact) mass is 937 g/mol. The molecule has 0 bridgehead atoms. The van der Waals surface area contributed by atoms with Crippen molar-refractivity contribution >= 4 is 17.9 Å². The summed E-state index contributed by atoms with van der Waals surface area (Å²) in [6, 6.07) is 0. The van der Waals surface area contributed by atoms with Gasteiger partial charge in [0.05, 0.1) is 0 Å². The molecule has 0 aliphatic carbocycles. The molecule has 0 fully saturated rings. The van der Waals surface area contributed by atoms with E-state index in [1.807, 2.05) is 0 Å². The number of hydrogen-bond donors (Lipinski definition) is 0. The fraction of sp³-hybridized carbons (Fsp3) is 0.787. The molecule has 6 nitrogen and oxygen atoms in total. The van der Waals surface area contributed by atoms with E-state index < -0.39 is 6.10 Å². The van der Waals surface area contributed by atoms with Gasteiger partial charge in [-0.2, -0.15) is 0 Å². The van der Waals surface area contributed by atoms with Crippen molar-refractivity contribution in [1.29, 1.82) is 0 Å². The third-order valence-corrected chi connectivity index (χ3v) is 12.5. The second kappa shape index (κ2) is 55.7. The Labute approximate surface area is 415 Å². The maximum absolute atomic E-state index is 12.8. The Kier molecular flexibility index (Phi) is 53.3. The van der Waals surface area contributed by atoms with E-state index in [1.54, 1.807) is 0 Å². The van der Waals surface area contributed by atoms with E-state index in [0.717, 1.165) is 83.5 Å². The molecule has 0 amide bonds. The summed E-state index contributed by atoms with van der Waals surface area (Å²) in [6.07, 6.45) is 69.3. The molecule has 388 valence electrons. The summed E-state index contributed by atoms with van der Waals surface area (Å²) in [5.74, 6) is -0.917. The first-order valence-electron chi connectivity index (χ1n) is 28.8. The Morgan fingerprint density at radius 2 is 0.582 bits per heavy atom. The zero-order valence-electron chi connectivity index (χ0n) is 44.4. The minimum atomic E-state index is -0.789. The highest BCUT2D eigenvalue weighted by Crippen LogP contribution is 2.16. The molecule has 0 aromatic heterocycles. The number of carbonyl (C=O) groups excluding carboxylic acids is 3. The number of carbonyl (C=O) groups is 3. The van der Waals surface area contributed by atoms with Gasteiger partial charge in [-0.15, -0.1) is 0 Å². The maximum atomic E-state index is 12.8. The van der Waals surface area contributed by atoms with Crippen molar-refractivity contribution < 1.29 is 28.6 Å². The van der Waals surface area contributed by atoms with Crippen LogP contribution in [-0.4, -0.2) is 37.2 Å². The van der Waals surface area contributed by atoms with Crippen molar-refractivity contribution in [2.45, 2.75) is 297 Å².